The summed E-state index contributed by atoms with van der Waals surface area (Å²) in [4.78, 5) is 0. The number of methoxy groups -OCH3 is 1. The third-order valence-electron chi connectivity index (χ3n) is 2.33. The summed E-state index contributed by atoms with van der Waals surface area (Å²) in [6.07, 6.45) is 0. The first kappa shape index (κ1) is 8.53. The van der Waals surface area contributed by atoms with E-state index in [1.165, 1.54) is 0 Å². The Morgan fingerprint density at radius 1 is 1.54 bits per heavy atom. The van der Waals surface area contributed by atoms with Gasteiger partial charge in [0.25, 0.3) is 0 Å². The summed E-state index contributed by atoms with van der Waals surface area (Å²) in [6.45, 7) is 1.20. The summed E-state index contributed by atoms with van der Waals surface area (Å²) in [5, 5.41) is 0. The smallest absolute Gasteiger partial charge is 0.124 e. The Bertz CT molecular complexity index is 312. The number of hydrogen-bond donors (Lipinski definition) is 1. The van der Waals surface area contributed by atoms with Gasteiger partial charge in [0.05, 0.1) is 26.4 Å². The molecule has 13 heavy (non-hydrogen) atoms. The Kier molecular flexibility index (Phi) is 2.20. The summed E-state index contributed by atoms with van der Waals surface area (Å²) in [6, 6.07) is 5.91. The Balaban J connectivity index is 2.48. The van der Waals surface area contributed by atoms with Crippen LogP contribution in [0.25, 0.3) is 0 Å². The summed E-state index contributed by atoms with van der Waals surface area (Å²) in [5.41, 5.74) is 8.12. The van der Waals surface area contributed by atoms with Crippen molar-refractivity contribution in [2.24, 2.45) is 5.73 Å². The van der Waals surface area contributed by atoms with E-state index in [1.54, 1.807) is 7.11 Å². The Hall–Kier alpha value is -1.06. The molecule has 2 rings (SSSR count). The standard InChI is InChI=1S/C10H13NO2/c1-12-10-4-2-3-7-8(10)5-13-6-9(7)11/h2-4,9H,5-6,11H2,1H3. The average molecular weight is 179 g/mol. The highest BCUT2D eigenvalue weighted by atomic mass is 16.5. The van der Waals surface area contributed by atoms with Gasteiger partial charge in [0.15, 0.2) is 0 Å². The lowest BCUT2D eigenvalue weighted by atomic mass is 9.99. The first-order chi connectivity index (χ1) is 6.33. The molecular weight excluding hydrogens is 166 g/mol. The highest BCUT2D eigenvalue weighted by molar-refractivity contribution is 5.42. The molecule has 0 radical (unpaired) electrons. The van der Waals surface area contributed by atoms with Crippen LogP contribution in [0.15, 0.2) is 18.2 Å². The van der Waals surface area contributed by atoms with Crippen LogP contribution in [-0.2, 0) is 11.3 Å². The number of rotatable bonds is 1. The van der Waals surface area contributed by atoms with Crippen LogP contribution >= 0.6 is 0 Å². The van der Waals surface area contributed by atoms with Crippen molar-refractivity contribution in [1.29, 1.82) is 0 Å². The lowest BCUT2D eigenvalue weighted by Crippen LogP contribution is -2.23. The highest BCUT2D eigenvalue weighted by Crippen LogP contribution is 2.30. The van der Waals surface area contributed by atoms with Gasteiger partial charge >= 0.3 is 0 Å². The summed E-state index contributed by atoms with van der Waals surface area (Å²) >= 11 is 0. The van der Waals surface area contributed by atoms with Crippen LogP contribution in [0.1, 0.15) is 17.2 Å². The molecule has 0 spiro atoms. The van der Waals surface area contributed by atoms with E-state index >= 15 is 0 Å². The van der Waals surface area contributed by atoms with Crippen LogP contribution < -0.4 is 10.5 Å². The Morgan fingerprint density at radius 2 is 2.38 bits per heavy atom. The van der Waals surface area contributed by atoms with Crippen molar-refractivity contribution in [3.8, 4) is 5.75 Å². The molecule has 0 fully saturated rings. The maximum atomic E-state index is 5.89. The van der Waals surface area contributed by atoms with Crippen molar-refractivity contribution in [2.75, 3.05) is 13.7 Å². The van der Waals surface area contributed by atoms with Crippen LogP contribution in [0.5, 0.6) is 5.75 Å². The molecular formula is C10H13NO2. The van der Waals surface area contributed by atoms with Crippen LogP contribution in [0.4, 0.5) is 0 Å². The first-order valence-electron chi connectivity index (χ1n) is 4.32. The second-order valence-corrected chi connectivity index (χ2v) is 3.15. The molecule has 0 saturated heterocycles. The predicted octanol–water partition coefficient (Wildman–Crippen LogP) is 1.23. The zero-order valence-corrected chi connectivity index (χ0v) is 7.62. The number of ether oxygens (including phenoxy) is 2. The molecule has 0 aliphatic carbocycles. The largest absolute Gasteiger partial charge is 0.496 e. The van der Waals surface area contributed by atoms with E-state index < -0.39 is 0 Å². The fraction of sp³-hybridized carbons (Fsp3) is 0.400. The van der Waals surface area contributed by atoms with Crippen LogP contribution in [-0.4, -0.2) is 13.7 Å². The quantitative estimate of drug-likeness (QED) is 0.705. The van der Waals surface area contributed by atoms with Gasteiger partial charge in [-0.2, -0.15) is 0 Å². The van der Waals surface area contributed by atoms with Crippen molar-refractivity contribution in [2.45, 2.75) is 12.6 Å². The van der Waals surface area contributed by atoms with E-state index in [-0.39, 0.29) is 6.04 Å². The van der Waals surface area contributed by atoms with Crippen molar-refractivity contribution in [1.82, 2.24) is 0 Å². The van der Waals surface area contributed by atoms with Gasteiger partial charge in [-0.05, 0) is 11.6 Å². The first-order valence-corrected chi connectivity index (χ1v) is 4.32. The Labute approximate surface area is 77.5 Å². The topological polar surface area (TPSA) is 44.5 Å². The van der Waals surface area contributed by atoms with Crippen LogP contribution in [0.3, 0.4) is 0 Å². The van der Waals surface area contributed by atoms with Crippen molar-refractivity contribution in [3.05, 3.63) is 29.3 Å². The van der Waals surface area contributed by atoms with Crippen molar-refractivity contribution in [3.63, 3.8) is 0 Å². The molecule has 0 aromatic heterocycles. The predicted molar refractivity (Wildman–Crippen MR) is 49.6 cm³/mol. The lowest BCUT2D eigenvalue weighted by molar-refractivity contribution is 0.0903. The van der Waals surface area contributed by atoms with Crippen molar-refractivity contribution >= 4 is 0 Å². The Morgan fingerprint density at radius 3 is 3.15 bits per heavy atom. The maximum absolute atomic E-state index is 5.89. The van der Waals surface area contributed by atoms with Crippen LogP contribution in [0.2, 0.25) is 0 Å². The highest BCUT2D eigenvalue weighted by Gasteiger charge is 2.19. The number of fused-ring (bicyclic) bond motifs is 1. The zero-order chi connectivity index (χ0) is 9.26. The molecule has 1 aliphatic heterocycles. The second kappa shape index (κ2) is 3.36. The van der Waals surface area contributed by atoms with E-state index in [0.717, 1.165) is 16.9 Å². The molecule has 2 N–H and O–H groups in total. The summed E-state index contributed by atoms with van der Waals surface area (Å²) in [7, 11) is 1.66. The molecule has 1 atom stereocenters. The number of nitrogens with two attached hydrogens (primary N) is 1. The van der Waals surface area contributed by atoms with Gasteiger partial charge in [-0.3, -0.25) is 0 Å². The molecule has 3 nitrogen and oxygen atoms in total. The van der Waals surface area contributed by atoms with E-state index in [4.69, 9.17) is 15.2 Å². The van der Waals surface area contributed by atoms with Crippen LogP contribution in [0, 0.1) is 0 Å². The third-order valence-corrected chi connectivity index (χ3v) is 2.33. The van der Waals surface area contributed by atoms with E-state index in [1.807, 2.05) is 18.2 Å². The maximum Gasteiger partial charge on any atom is 0.124 e. The van der Waals surface area contributed by atoms with Gasteiger partial charge in [0.2, 0.25) is 0 Å². The second-order valence-electron chi connectivity index (χ2n) is 3.15. The molecule has 1 heterocycles. The van der Waals surface area contributed by atoms with E-state index in [9.17, 15) is 0 Å². The van der Waals surface area contributed by atoms with Gasteiger partial charge in [-0.1, -0.05) is 12.1 Å². The number of benzene rings is 1. The van der Waals surface area contributed by atoms with E-state index in [0.29, 0.717) is 13.2 Å². The normalized spacial score (nSPS) is 20.9. The molecule has 1 unspecified atom stereocenters. The molecule has 0 bridgehead atoms. The monoisotopic (exact) mass is 179 g/mol. The molecule has 0 amide bonds. The molecule has 1 aliphatic rings. The fourth-order valence-electron chi connectivity index (χ4n) is 1.65. The van der Waals surface area contributed by atoms with Gasteiger partial charge < -0.3 is 15.2 Å². The minimum atomic E-state index is -0.0150. The molecule has 70 valence electrons. The van der Waals surface area contributed by atoms with E-state index in [2.05, 4.69) is 0 Å². The lowest BCUT2D eigenvalue weighted by Gasteiger charge is -2.23. The minimum absolute atomic E-state index is 0.0150. The van der Waals surface area contributed by atoms with Gasteiger partial charge in [-0.25, -0.2) is 0 Å². The number of hydrogen-bond acceptors (Lipinski definition) is 3. The van der Waals surface area contributed by atoms with Crippen molar-refractivity contribution < 1.29 is 9.47 Å². The summed E-state index contributed by atoms with van der Waals surface area (Å²) in [5.74, 6) is 0.868. The van der Waals surface area contributed by atoms with Gasteiger partial charge in [0.1, 0.15) is 5.75 Å². The average Bonchev–Trinajstić information content (AvgIpc) is 2.18. The summed E-state index contributed by atoms with van der Waals surface area (Å²) < 4.78 is 10.6. The molecule has 1 aromatic carbocycles. The fourth-order valence-corrected chi connectivity index (χ4v) is 1.65. The molecule has 0 saturated carbocycles. The van der Waals surface area contributed by atoms with Gasteiger partial charge in [-0.15, -0.1) is 0 Å². The molecule has 3 heteroatoms. The zero-order valence-electron chi connectivity index (χ0n) is 7.62. The molecule has 1 aromatic rings. The SMILES string of the molecule is COc1cccc2c1COCC2N. The minimum Gasteiger partial charge on any atom is -0.496 e. The third kappa shape index (κ3) is 1.41. The van der Waals surface area contributed by atoms with Gasteiger partial charge in [0, 0.05) is 5.56 Å².